The molecule has 7 heteroatoms. The molecule has 2 N–H and O–H groups in total. The van der Waals surface area contributed by atoms with Gasteiger partial charge in [-0.2, -0.15) is 0 Å². The predicted molar refractivity (Wildman–Crippen MR) is 86.7 cm³/mol. The number of nitrogens with two attached hydrogens (primary N) is 1. The topological polar surface area (TPSA) is 64.7 Å². The molecule has 0 fully saturated rings. The first-order chi connectivity index (χ1) is 9.65. The van der Waals surface area contributed by atoms with Crippen molar-refractivity contribution in [2.45, 2.75) is 20.5 Å². The van der Waals surface area contributed by atoms with Crippen LogP contribution in [0.25, 0.3) is 10.9 Å². The minimum Gasteiger partial charge on any atom is -0.399 e. The van der Waals surface area contributed by atoms with Crippen LogP contribution in [0, 0.1) is 6.92 Å². The number of hydrogen-bond acceptors (Lipinski definition) is 7. The second-order valence-electron chi connectivity index (χ2n) is 4.18. The summed E-state index contributed by atoms with van der Waals surface area (Å²) < 4.78 is 1.91. The quantitative estimate of drug-likeness (QED) is 0.584. The van der Waals surface area contributed by atoms with Crippen molar-refractivity contribution < 1.29 is 0 Å². The molecule has 0 aliphatic carbocycles. The van der Waals surface area contributed by atoms with Crippen molar-refractivity contribution in [2.24, 2.45) is 0 Å². The van der Waals surface area contributed by atoms with Crippen molar-refractivity contribution in [3.05, 3.63) is 30.0 Å². The van der Waals surface area contributed by atoms with Gasteiger partial charge in [0.05, 0.1) is 5.52 Å². The number of aromatic nitrogens is 3. The molecule has 102 valence electrons. The number of aryl methyl sites for hydroxylation is 1. The summed E-state index contributed by atoms with van der Waals surface area (Å²) in [4.78, 5) is 5.65. The summed E-state index contributed by atoms with van der Waals surface area (Å²) in [7, 11) is 0. The van der Waals surface area contributed by atoms with Gasteiger partial charge < -0.3 is 5.73 Å². The second-order valence-corrected chi connectivity index (χ2v) is 7.50. The number of rotatable bonds is 3. The van der Waals surface area contributed by atoms with Gasteiger partial charge in [-0.25, -0.2) is 0 Å². The van der Waals surface area contributed by atoms with Crippen molar-refractivity contribution in [1.82, 2.24) is 15.2 Å². The third-order valence-corrected chi connectivity index (χ3v) is 5.69. The minimum atomic E-state index is 0.743. The number of nitrogen functional groups attached to an aromatic ring is 1. The Morgan fingerprint density at radius 1 is 1.15 bits per heavy atom. The normalized spacial score (nSPS) is 11.1. The third-order valence-electron chi connectivity index (χ3n) is 2.68. The number of fused-ring (bicyclic) bond motifs is 1. The molecule has 0 saturated heterocycles. The van der Waals surface area contributed by atoms with E-state index in [9.17, 15) is 0 Å². The molecular weight excluding hydrogens is 308 g/mol. The highest BCUT2D eigenvalue weighted by atomic mass is 32.2. The average Bonchev–Trinajstić information content (AvgIpc) is 2.87. The van der Waals surface area contributed by atoms with E-state index in [0.29, 0.717) is 0 Å². The third kappa shape index (κ3) is 2.74. The lowest BCUT2D eigenvalue weighted by atomic mass is 10.2. The van der Waals surface area contributed by atoms with E-state index in [1.54, 1.807) is 34.9 Å². The van der Waals surface area contributed by atoms with Crippen LogP contribution >= 0.6 is 34.9 Å². The summed E-state index contributed by atoms with van der Waals surface area (Å²) in [6.07, 6.45) is 2.00. The Balaban J connectivity index is 2.07. The van der Waals surface area contributed by atoms with E-state index < -0.39 is 0 Å². The fourth-order valence-electron chi connectivity index (χ4n) is 1.84. The number of anilines is 1. The molecule has 4 nitrogen and oxygen atoms in total. The monoisotopic (exact) mass is 320 g/mol. The van der Waals surface area contributed by atoms with E-state index in [1.807, 2.05) is 31.4 Å². The Kier molecular flexibility index (Phi) is 3.82. The van der Waals surface area contributed by atoms with E-state index in [4.69, 9.17) is 5.73 Å². The van der Waals surface area contributed by atoms with Gasteiger partial charge in [0.2, 0.25) is 0 Å². The molecule has 0 amide bonds. The van der Waals surface area contributed by atoms with Crippen LogP contribution in [0.2, 0.25) is 0 Å². The van der Waals surface area contributed by atoms with Crippen LogP contribution in [0.15, 0.2) is 37.8 Å². The van der Waals surface area contributed by atoms with Crippen LogP contribution in [-0.4, -0.2) is 21.4 Å². The van der Waals surface area contributed by atoms with Crippen molar-refractivity contribution in [3.63, 3.8) is 0 Å². The van der Waals surface area contributed by atoms with Crippen molar-refractivity contribution in [3.8, 4) is 0 Å². The average molecular weight is 320 g/mol. The molecule has 0 bridgehead atoms. The fourth-order valence-corrected chi connectivity index (χ4v) is 4.45. The van der Waals surface area contributed by atoms with Gasteiger partial charge in [0.1, 0.15) is 0 Å². The molecule has 0 radical (unpaired) electrons. The minimum absolute atomic E-state index is 0.743. The highest BCUT2D eigenvalue weighted by Crippen LogP contribution is 2.37. The van der Waals surface area contributed by atoms with E-state index in [0.717, 1.165) is 35.9 Å². The molecule has 0 saturated carbocycles. The predicted octanol–water partition coefficient (Wildman–Crippen LogP) is 3.85. The Morgan fingerprint density at radius 2 is 1.95 bits per heavy atom. The zero-order valence-electron chi connectivity index (χ0n) is 11.0. The number of pyridine rings is 1. The number of hydrogen-bond donors (Lipinski definition) is 1. The molecule has 0 spiro atoms. The maximum Gasteiger partial charge on any atom is 0.179 e. The first-order valence-electron chi connectivity index (χ1n) is 5.88. The van der Waals surface area contributed by atoms with Crippen LogP contribution in [0.5, 0.6) is 0 Å². The van der Waals surface area contributed by atoms with Crippen molar-refractivity contribution in [2.75, 3.05) is 12.0 Å². The molecule has 2 aromatic heterocycles. The second kappa shape index (κ2) is 5.59. The Hall–Kier alpha value is -1.31. The lowest BCUT2D eigenvalue weighted by molar-refractivity contribution is 0.956. The number of nitrogens with zero attached hydrogens (tertiary/aromatic N) is 3. The molecule has 2 heterocycles. The maximum atomic E-state index is 5.88. The van der Waals surface area contributed by atoms with Crippen LogP contribution in [0.1, 0.15) is 5.69 Å². The first kappa shape index (κ1) is 13.7. The Bertz CT molecular complexity index is 769. The Labute approximate surface area is 129 Å². The molecule has 3 rings (SSSR count). The summed E-state index contributed by atoms with van der Waals surface area (Å²) in [5.41, 5.74) is 8.57. The Morgan fingerprint density at radius 3 is 2.70 bits per heavy atom. The van der Waals surface area contributed by atoms with E-state index in [1.165, 1.54) is 0 Å². The van der Waals surface area contributed by atoms with Crippen LogP contribution in [-0.2, 0) is 0 Å². The van der Waals surface area contributed by atoms with Gasteiger partial charge in [0, 0.05) is 21.7 Å². The van der Waals surface area contributed by atoms with Gasteiger partial charge >= 0.3 is 0 Å². The number of benzene rings is 1. The largest absolute Gasteiger partial charge is 0.399 e. The highest BCUT2D eigenvalue weighted by molar-refractivity contribution is 8.03. The first-order valence-corrected chi connectivity index (χ1v) is 8.74. The number of thioether (sulfide) groups is 1. The zero-order chi connectivity index (χ0) is 14.1. The smallest absolute Gasteiger partial charge is 0.179 e. The van der Waals surface area contributed by atoms with E-state index in [-0.39, 0.29) is 0 Å². The summed E-state index contributed by atoms with van der Waals surface area (Å²) in [5, 5.41) is 9.38. The molecule has 0 unspecified atom stereocenters. The molecule has 0 atom stereocenters. The van der Waals surface area contributed by atoms with Crippen LogP contribution < -0.4 is 5.73 Å². The van der Waals surface area contributed by atoms with E-state index >= 15 is 0 Å². The van der Waals surface area contributed by atoms with Gasteiger partial charge in [-0.1, -0.05) is 34.9 Å². The molecule has 1 aromatic carbocycles. The van der Waals surface area contributed by atoms with Crippen LogP contribution in [0.3, 0.4) is 0 Å². The SMILES string of the molecule is CSc1nnc(Sc2cc(C)nc3ccc(N)cc23)s1. The van der Waals surface area contributed by atoms with E-state index in [2.05, 4.69) is 21.2 Å². The molecular formula is C13H12N4S3. The van der Waals surface area contributed by atoms with Crippen molar-refractivity contribution >= 4 is 51.5 Å². The van der Waals surface area contributed by atoms with Gasteiger partial charge in [-0.15, -0.1) is 10.2 Å². The molecule has 0 aliphatic heterocycles. The fraction of sp³-hybridized carbons (Fsp3) is 0.154. The summed E-state index contributed by atoms with van der Waals surface area (Å²) in [5.74, 6) is 0. The standard InChI is InChI=1S/C13H12N4S3/c1-7-5-11(19-13-17-16-12(18-2)20-13)9-6-8(14)3-4-10(9)15-7/h3-6H,14H2,1-2H3. The van der Waals surface area contributed by atoms with Gasteiger partial charge in [-0.05, 0) is 37.4 Å². The zero-order valence-corrected chi connectivity index (χ0v) is 13.4. The van der Waals surface area contributed by atoms with Gasteiger partial charge in [-0.3, -0.25) is 4.98 Å². The summed E-state index contributed by atoms with van der Waals surface area (Å²) in [6.45, 7) is 1.99. The van der Waals surface area contributed by atoms with Gasteiger partial charge in [0.15, 0.2) is 8.68 Å². The molecule has 3 aromatic rings. The van der Waals surface area contributed by atoms with Crippen LogP contribution in [0.4, 0.5) is 5.69 Å². The summed E-state index contributed by atoms with van der Waals surface area (Å²) >= 11 is 4.82. The highest BCUT2D eigenvalue weighted by Gasteiger charge is 2.10. The van der Waals surface area contributed by atoms with Gasteiger partial charge in [0.25, 0.3) is 0 Å². The maximum absolute atomic E-state index is 5.88. The molecule has 20 heavy (non-hydrogen) atoms. The summed E-state index contributed by atoms with van der Waals surface area (Å²) in [6, 6.07) is 7.85. The lowest BCUT2D eigenvalue weighted by Gasteiger charge is -2.06. The lowest BCUT2D eigenvalue weighted by Crippen LogP contribution is -1.90. The molecule has 0 aliphatic rings. The van der Waals surface area contributed by atoms with Crippen molar-refractivity contribution in [1.29, 1.82) is 0 Å².